The van der Waals surface area contributed by atoms with Crippen LogP contribution >= 0.6 is 0 Å². The maximum absolute atomic E-state index is 11.6. The first-order chi connectivity index (χ1) is 7.54. The van der Waals surface area contributed by atoms with E-state index in [1.807, 2.05) is 11.8 Å². The summed E-state index contributed by atoms with van der Waals surface area (Å²) in [7, 11) is 0. The minimum Gasteiger partial charge on any atom is -0.353 e. The normalized spacial score (nSPS) is 19.3. The van der Waals surface area contributed by atoms with E-state index in [0.29, 0.717) is 6.54 Å². The molecule has 92 valence electrons. The summed E-state index contributed by atoms with van der Waals surface area (Å²) in [6.07, 6.45) is 1.67. The molecule has 1 heterocycles. The molecular formula is C11H21N3O2. The Morgan fingerprint density at radius 2 is 2.00 bits per heavy atom. The number of hydrogen-bond acceptors (Lipinski definition) is 3. The molecule has 2 amide bonds. The summed E-state index contributed by atoms with van der Waals surface area (Å²) >= 11 is 0. The molecule has 1 aliphatic heterocycles. The van der Waals surface area contributed by atoms with Crippen molar-refractivity contribution in [2.24, 2.45) is 11.7 Å². The van der Waals surface area contributed by atoms with Crippen molar-refractivity contribution in [1.82, 2.24) is 10.2 Å². The first kappa shape index (κ1) is 13.0. The zero-order valence-corrected chi connectivity index (χ0v) is 10.0. The number of amides is 2. The van der Waals surface area contributed by atoms with Gasteiger partial charge in [-0.3, -0.25) is 9.59 Å². The smallest absolute Gasteiger partial charge is 0.224 e. The fraction of sp³-hybridized carbons (Fsp3) is 0.818. The van der Waals surface area contributed by atoms with Gasteiger partial charge in [0, 0.05) is 38.5 Å². The molecular weight excluding hydrogens is 206 g/mol. The third-order valence-electron chi connectivity index (χ3n) is 3.09. The lowest BCUT2D eigenvalue weighted by Crippen LogP contribution is -2.47. The summed E-state index contributed by atoms with van der Waals surface area (Å²) in [5.41, 5.74) is 5.43. The van der Waals surface area contributed by atoms with Crippen molar-refractivity contribution in [1.29, 1.82) is 0 Å². The van der Waals surface area contributed by atoms with Crippen molar-refractivity contribution in [3.8, 4) is 0 Å². The number of nitrogens with one attached hydrogen (secondary N) is 1. The van der Waals surface area contributed by atoms with Crippen LogP contribution in [0.15, 0.2) is 0 Å². The average molecular weight is 227 g/mol. The summed E-state index contributed by atoms with van der Waals surface area (Å²) in [4.78, 5) is 24.5. The van der Waals surface area contributed by atoms with Crippen LogP contribution in [-0.4, -0.2) is 42.4 Å². The second-order valence-corrected chi connectivity index (χ2v) is 4.43. The van der Waals surface area contributed by atoms with Gasteiger partial charge in [0.1, 0.15) is 0 Å². The van der Waals surface area contributed by atoms with Crippen molar-refractivity contribution < 1.29 is 9.59 Å². The van der Waals surface area contributed by atoms with Crippen molar-refractivity contribution in [3.05, 3.63) is 0 Å². The van der Waals surface area contributed by atoms with Crippen LogP contribution < -0.4 is 11.1 Å². The van der Waals surface area contributed by atoms with Crippen LogP contribution in [0.1, 0.15) is 26.7 Å². The van der Waals surface area contributed by atoms with Crippen LogP contribution in [0.2, 0.25) is 0 Å². The zero-order valence-electron chi connectivity index (χ0n) is 10.0. The Labute approximate surface area is 96.4 Å². The van der Waals surface area contributed by atoms with Gasteiger partial charge in [-0.2, -0.15) is 0 Å². The van der Waals surface area contributed by atoms with Crippen LogP contribution in [-0.2, 0) is 9.59 Å². The Morgan fingerprint density at radius 1 is 1.44 bits per heavy atom. The lowest BCUT2D eigenvalue weighted by Gasteiger charge is -2.32. The number of likely N-dealkylation sites (tertiary alicyclic amines) is 1. The van der Waals surface area contributed by atoms with Gasteiger partial charge in [-0.15, -0.1) is 0 Å². The van der Waals surface area contributed by atoms with E-state index in [2.05, 4.69) is 5.32 Å². The molecule has 1 unspecified atom stereocenters. The fourth-order valence-corrected chi connectivity index (χ4v) is 1.79. The quantitative estimate of drug-likeness (QED) is 0.695. The molecule has 0 saturated carbocycles. The Bertz CT molecular complexity index is 260. The summed E-state index contributed by atoms with van der Waals surface area (Å²) in [6, 6.07) is 0.192. The van der Waals surface area contributed by atoms with E-state index in [9.17, 15) is 9.59 Å². The number of carbonyl (C=O) groups is 2. The fourth-order valence-electron chi connectivity index (χ4n) is 1.79. The van der Waals surface area contributed by atoms with Gasteiger partial charge >= 0.3 is 0 Å². The van der Waals surface area contributed by atoms with Crippen LogP contribution in [0.5, 0.6) is 0 Å². The molecule has 16 heavy (non-hydrogen) atoms. The van der Waals surface area contributed by atoms with Gasteiger partial charge < -0.3 is 16.0 Å². The first-order valence-corrected chi connectivity index (χ1v) is 5.80. The van der Waals surface area contributed by atoms with Gasteiger partial charge in [0.25, 0.3) is 0 Å². The number of carbonyl (C=O) groups excluding carboxylic acids is 2. The lowest BCUT2D eigenvalue weighted by molar-refractivity contribution is -0.130. The van der Waals surface area contributed by atoms with Crippen LogP contribution in [0, 0.1) is 5.92 Å². The molecule has 0 aromatic heterocycles. The molecule has 0 radical (unpaired) electrons. The lowest BCUT2D eigenvalue weighted by atomic mass is 10.0. The Kier molecular flexibility index (Phi) is 4.73. The average Bonchev–Trinajstić information content (AvgIpc) is 2.28. The molecule has 0 aromatic rings. The second kappa shape index (κ2) is 5.84. The summed E-state index contributed by atoms with van der Waals surface area (Å²) in [5, 5.41) is 2.97. The van der Waals surface area contributed by atoms with Crippen LogP contribution in [0.4, 0.5) is 0 Å². The highest BCUT2D eigenvalue weighted by Crippen LogP contribution is 2.10. The zero-order chi connectivity index (χ0) is 12.1. The first-order valence-electron chi connectivity index (χ1n) is 5.80. The van der Waals surface area contributed by atoms with E-state index in [-0.39, 0.29) is 23.8 Å². The molecule has 1 aliphatic rings. The predicted molar refractivity (Wildman–Crippen MR) is 61.6 cm³/mol. The highest BCUT2D eigenvalue weighted by atomic mass is 16.2. The third-order valence-corrected chi connectivity index (χ3v) is 3.09. The maximum atomic E-state index is 11.6. The highest BCUT2D eigenvalue weighted by Gasteiger charge is 2.23. The van der Waals surface area contributed by atoms with Crippen LogP contribution in [0.3, 0.4) is 0 Å². The van der Waals surface area contributed by atoms with Gasteiger partial charge in [0.2, 0.25) is 11.8 Å². The third kappa shape index (κ3) is 3.48. The van der Waals surface area contributed by atoms with Crippen molar-refractivity contribution in [2.75, 3.05) is 19.6 Å². The molecule has 1 fully saturated rings. The molecule has 5 heteroatoms. The topological polar surface area (TPSA) is 75.4 Å². The highest BCUT2D eigenvalue weighted by molar-refractivity contribution is 5.78. The van der Waals surface area contributed by atoms with Crippen LogP contribution in [0.25, 0.3) is 0 Å². The summed E-state index contributed by atoms with van der Waals surface area (Å²) < 4.78 is 0. The van der Waals surface area contributed by atoms with Crippen molar-refractivity contribution >= 4 is 11.8 Å². The minimum absolute atomic E-state index is 0.0174. The van der Waals surface area contributed by atoms with Crippen molar-refractivity contribution in [2.45, 2.75) is 32.7 Å². The van der Waals surface area contributed by atoms with Gasteiger partial charge in [-0.25, -0.2) is 0 Å². The molecule has 1 saturated heterocycles. The number of nitrogens with two attached hydrogens (primary N) is 1. The van der Waals surface area contributed by atoms with E-state index in [1.165, 1.54) is 0 Å². The van der Waals surface area contributed by atoms with Gasteiger partial charge in [-0.1, -0.05) is 6.92 Å². The van der Waals surface area contributed by atoms with E-state index < -0.39 is 0 Å². The van der Waals surface area contributed by atoms with E-state index in [0.717, 1.165) is 25.9 Å². The van der Waals surface area contributed by atoms with Gasteiger partial charge in [-0.05, 0) is 12.8 Å². The monoisotopic (exact) mass is 227 g/mol. The number of piperidine rings is 1. The standard InChI is InChI=1S/C11H21N3O2/c1-8(7-12)11(16)13-10-3-5-14(6-4-10)9(2)15/h8,10H,3-7,12H2,1-2H3,(H,13,16). The molecule has 0 spiro atoms. The molecule has 1 rings (SSSR count). The van der Waals surface area contributed by atoms with Gasteiger partial charge in [0.15, 0.2) is 0 Å². The molecule has 0 aliphatic carbocycles. The number of rotatable bonds is 3. The molecule has 3 N–H and O–H groups in total. The Balaban J connectivity index is 2.32. The second-order valence-electron chi connectivity index (χ2n) is 4.43. The minimum atomic E-state index is -0.133. The van der Waals surface area contributed by atoms with E-state index in [1.54, 1.807) is 6.92 Å². The molecule has 1 atom stereocenters. The van der Waals surface area contributed by atoms with E-state index >= 15 is 0 Å². The number of hydrogen-bond donors (Lipinski definition) is 2. The number of nitrogens with zero attached hydrogens (tertiary/aromatic N) is 1. The Hall–Kier alpha value is -1.10. The predicted octanol–water partition coefficient (Wildman–Crippen LogP) is -0.292. The maximum Gasteiger partial charge on any atom is 0.224 e. The SMILES string of the molecule is CC(=O)N1CCC(NC(=O)C(C)CN)CC1. The largest absolute Gasteiger partial charge is 0.353 e. The summed E-state index contributed by atoms with van der Waals surface area (Å²) in [5.74, 6) is -0.00489. The molecule has 0 bridgehead atoms. The van der Waals surface area contributed by atoms with Gasteiger partial charge in [0.05, 0.1) is 0 Å². The summed E-state index contributed by atoms with van der Waals surface area (Å²) in [6.45, 7) is 5.24. The van der Waals surface area contributed by atoms with Crippen molar-refractivity contribution in [3.63, 3.8) is 0 Å². The van der Waals surface area contributed by atoms with E-state index in [4.69, 9.17) is 5.73 Å². The molecule has 5 nitrogen and oxygen atoms in total. The molecule has 0 aromatic carbocycles. The Morgan fingerprint density at radius 3 is 2.44 bits per heavy atom.